The number of nitrogens with zero attached hydrogens (tertiary/aromatic N) is 1. The van der Waals surface area contributed by atoms with Gasteiger partial charge in [0, 0.05) is 25.5 Å². The molecule has 0 atom stereocenters. The number of benzene rings is 4. The summed E-state index contributed by atoms with van der Waals surface area (Å²) in [6.07, 6.45) is 0.558. The second-order valence-corrected chi connectivity index (χ2v) is 28.9. The normalized spacial score (nSPS) is 11.3. The molecule has 4 aromatic carbocycles. The largest absolute Gasteiger partial charge is 0.480 e. The van der Waals surface area contributed by atoms with Gasteiger partial charge in [-0.2, -0.15) is 0 Å². The highest BCUT2D eigenvalue weighted by Crippen LogP contribution is 2.38. The molecule has 0 saturated carbocycles. The number of ether oxygens (including phenoxy) is 2. The number of hydrogen-bond acceptors (Lipinski definition) is 9. The van der Waals surface area contributed by atoms with Gasteiger partial charge in [0.05, 0.1) is 13.2 Å². The molecule has 0 radical (unpaired) electrons. The summed E-state index contributed by atoms with van der Waals surface area (Å²) in [7, 11) is 0.136. The van der Waals surface area contributed by atoms with Crippen LogP contribution in [0.5, 0.6) is 0 Å². The molecule has 0 spiro atoms. The van der Waals surface area contributed by atoms with Crippen LogP contribution >= 0.6 is 0 Å². The quantitative estimate of drug-likeness (QED) is 0.0705. The van der Waals surface area contributed by atoms with Crippen LogP contribution in [0, 0.1) is 0 Å². The van der Waals surface area contributed by atoms with Gasteiger partial charge >= 0.3 is 18.2 Å². The van der Waals surface area contributed by atoms with E-state index in [2.05, 4.69) is 122 Å². The molecule has 3 amide bonds. The van der Waals surface area contributed by atoms with Crippen LogP contribution in [-0.4, -0.2) is 73.0 Å². The Bertz CT molecular complexity index is 2130. The van der Waals surface area contributed by atoms with Crippen molar-refractivity contribution in [1.82, 2.24) is 10.6 Å². The number of carboxylic acids is 1. The molecule has 4 aromatic rings. The molecule has 4 rings (SSSR count). The smallest absolute Gasteiger partial charge is 0.407 e. The van der Waals surface area contributed by atoms with Gasteiger partial charge in [-0.05, 0) is 107 Å². The van der Waals surface area contributed by atoms with E-state index >= 15 is 0 Å². The van der Waals surface area contributed by atoms with Gasteiger partial charge in [0.2, 0.25) is 5.91 Å². The number of amides is 3. The predicted molar refractivity (Wildman–Crippen MR) is 282 cm³/mol. The van der Waals surface area contributed by atoms with E-state index in [1.54, 1.807) is 11.9 Å². The molecule has 0 aliphatic heterocycles. The first kappa shape index (κ1) is 60.5. The predicted octanol–water partition coefficient (Wildman–Crippen LogP) is 12.1. The van der Waals surface area contributed by atoms with Crippen molar-refractivity contribution >= 4 is 52.1 Å². The average molecular weight is 975 g/mol. The summed E-state index contributed by atoms with van der Waals surface area (Å²) in [6, 6.07) is 31.3. The molecule has 0 aromatic heterocycles. The Balaban J connectivity index is 0.000000558. The van der Waals surface area contributed by atoms with Crippen molar-refractivity contribution in [1.29, 1.82) is 0 Å². The first-order chi connectivity index (χ1) is 31.3. The van der Waals surface area contributed by atoms with Gasteiger partial charge in [0.15, 0.2) is 16.6 Å². The van der Waals surface area contributed by atoms with E-state index in [0.717, 1.165) is 47.4 Å². The fourth-order valence-electron chi connectivity index (χ4n) is 5.49. The second-order valence-electron chi connectivity index (χ2n) is 19.3. The second kappa shape index (κ2) is 28.8. The van der Waals surface area contributed by atoms with Crippen LogP contribution in [0.15, 0.2) is 97.1 Å². The molecule has 68 heavy (non-hydrogen) atoms. The Kier molecular flexibility index (Phi) is 25.6. The summed E-state index contributed by atoms with van der Waals surface area (Å²) in [4.78, 5) is 47.3. The fraction of sp³-hybridized carbons (Fsp3) is 0.472. The molecular weight excluding hydrogens is 893 g/mol. The van der Waals surface area contributed by atoms with Crippen molar-refractivity contribution in [3.63, 3.8) is 0 Å². The fourth-order valence-corrected chi connectivity index (χ4v) is 7.41. The van der Waals surface area contributed by atoms with E-state index in [0.29, 0.717) is 6.61 Å². The summed E-state index contributed by atoms with van der Waals surface area (Å²) in [5.41, 5.74) is 8.51. The van der Waals surface area contributed by atoms with Gasteiger partial charge in [0.25, 0.3) is 0 Å². The molecule has 13 nitrogen and oxygen atoms in total. The number of alkyl carbamates (subject to hydrolysis) is 2. The minimum absolute atomic E-state index is 0. The zero-order chi connectivity index (χ0) is 50.4. The highest BCUT2D eigenvalue weighted by Gasteiger charge is 2.38. The molecule has 4 N–H and O–H groups in total. The maximum atomic E-state index is 12.7. The lowest BCUT2D eigenvalue weighted by Crippen LogP contribution is -2.40. The van der Waals surface area contributed by atoms with Crippen LogP contribution in [0.3, 0.4) is 0 Å². The van der Waals surface area contributed by atoms with E-state index < -0.39 is 41.3 Å². The molecule has 0 unspecified atom stereocenters. The summed E-state index contributed by atoms with van der Waals surface area (Å²) < 4.78 is 22.6. The van der Waals surface area contributed by atoms with Gasteiger partial charge in [-0.25, -0.2) is 9.59 Å². The lowest BCUT2D eigenvalue weighted by Gasteiger charge is -2.36. The number of aryl methyl sites for hydroxylation is 2. The molecule has 0 fully saturated rings. The van der Waals surface area contributed by atoms with E-state index in [-0.39, 0.29) is 43.2 Å². The minimum Gasteiger partial charge on any atom is -0.480 e. The van der Waals surface area contributed by atoms with Crippen LogP contribution in [0.1, 0.15) is 96.2 Å². The van der Waals surface area contributed by atoms with E-state index in [9.17, 15) is 19.2 Å². The van der Waals surface area contributed by atoms with Crippen LogP contribution in [0.25, 0.3) is 0 Å². The lowest BCUT2D eigenvalue weighted by molar-refractivity contribution is -0.135. The van der Waals surface area contributed by atoms with Crippen LogP contribution in [0.2, 0.25) is 36.3 Å². The number of aliphatic carboxylic acids is 1. The molecule has 0 aliphatic rings. The van der Waals surface area contributed by atoms with Crippen molar-refractivity contribution in [3.8, 4) is 0 Å². The number of carboxylic acid groups (broad SMARTS) is 1. The van der Waals surface area contributed by atoms with Crippen molar-refractivity contribution < 1.29 is 42.6 Å². The molecule has 376 valence electrons. The van der Waals surface area contributed by atoms with E-state index in [4.69, 9.17) is 23.4 Å². The van der Waals surface area contributed by atoms with Crippen molar-refractivity contribution in [2.24, 2.45) is 0 Å². The van der Waals surface area contributed by atoms with Gasteiger partial charge < -0.3 is 44.3 Å². The Morgan fingerprint density at radius 2 is 0.956 bits per heavy atom. The number of anilines is 2. The summed E-state index contributed by atoms with van der Waals surface area (Å²) in [6.45, 7) is 27.8. The highest BCUT2D eigenvalue weighted by atomic mass is 28.4. The topological polar surface area (TPSA) is 165 Å². The standard InChI is InChI=1S/C26H38N2O4Si.C16H29NOSi.C10H11NO4.CH4/c1-8-20-14-22(19-32-33(6,7)26(2,3)4)16-23(15-20)28(5)24(29)17-27-25(30)31-18-21-12-10-9-11-13-21;1-8-13-9-14(11-15(10-13)17-5)12-18-19(6,7)16(2,3)4;12-9(13)6-11-10(14)15-7-8-4-2-1-3-5-8;/h9-16H,8,17-19H2,1-7H3,(H,27,30);9-11,17H,8,12H2,1-7H3;1-5H,6-7H2,(H,11,14)(H,12,13);1H4. The van der Waals surface area contributed by atoms with Gasteiger partial charge in [-0.1, -0.05) is 136 Å². The molecular formula is C53H82N4O9Si2. The van der Waals surface area contributed by atoms with E-state index in [1.807, 2.05) is 79.8 Å². The highest BCUT2D eigenvalue weighted by molar-refractivity contribution is 6.74. The molecule has 15 heteroatoms. The molecule has 0 bridgehead atoms. The van der Waals surface area contributed by atoms with Gasteiger partial charge in [0.1, 0.15) is 26.3 Å². The number of nitrogens with one attached hydrogen (secondary N) is 3. The van der Waals surface area contributed by atoms with E-state index in [1.165, 1.54) is 16.8 Å². The lowest BCUT2D eigenvalue weighted by atomic mass is 10.1. The van der Waals surface area contributed by atoms with Crippen LogP contribution in [-0.2, 0) is 67.2 Å². The number of carbonyl (C=O) groups excluding carboxylic acids is 3. The minimum atomic E-state index is -1.88. The molecule has 0 saturated heterocycles. The number of likely N-dealkylation sites (N-methyl/N-ethyl adjacent to an activating group) is 1. The monoisotopic (exact) mass is 975 g/mol. The number of rotatable bonds is 18. The average Bonchev–Trinajstić information content (AvgIpc) is 3.29. The Labute approximate surface area is 410 Å². The maximum absolute atomic E-state index is 12.7. The van der Waals surface area contributed by atoms with Gasteiger partial charge in [-0.15, -0.1) is 0 Å². The Morgan fingerprint density at radius 3 is 1.35 bits per heavy atom. The van der Waals surface area contributed by atoms with Crippen LogP contribution in [0.4, 0.5) is 21.0 Å². The SMILES string of the molecule is C.CCc1cc(CO[Si](C)(C)C(C)(C)C)cc(N(C)C(=O)CNC(=O)OCc2ccccc2)c1.CCc1cc(CO[Si](C)(C)C(C)(C)C)cc(NC)c1.O=C(O)CNC(=O)OCc1ccccc1. The number of carbonyl (C=O) groups is 4. The number of hydrogen-bond donors (Lipinski definition) is 4. The maximum Gasteiger partial charge on any atom is 0.407 e. The third-order valence-electron chi connectivity index (χ3n) is 12.0. The van der Waals surface area contributed by atoms with Crippen molar-refractivity contribution in [2.45, 2.75) is 138 Å². The van der Waals surface area contributed by atoms with Gasteiger partial charge in [-0.3, -0.25) is 9.59 Å². The first-order valence-electron chi connectivity index (χ1n) is 22.9. The first-order valence-corrected chi connectivity index (χ1v) is 28.7. The summed E-state index contributed by atoms with van der Waals surface area (Å²) >= 11 is 0. The van der Waals surface area contributed by atoms with Crippen molar-refractivity contribution in [2.75, 3.05) is 37.4 Å². The summed E-state index contributed by atoms with van der Waals surface area (Å²) in [5, 5.41) is 16.5. The Hall–Kier alpha value is -5.49. The van der Waals surface area contributed by atoms with Crippen molar-refractivity contribution in [3.05, 3.63) is 130 Å². The summed E-state index contributed by atoms with van der Waals surface area (Å²) in [5.74, 6) is -1.33. The third kappa shape index (κ3) is 22.1. The molecule has 0 aliphatic carbocycles. The zero-order valence-electron chi connectivity index (χ0n) is 42.6. The molecule has 0 heterocycles. The third-order valence-corrected chi connectivity index (χ3v) is 20.9. The zero-order valence-corrected chi connectivity index (χ0v) is 44.6. The Morgan fingerprint density at radius 1 is 0.574 bits per heavy atom. The van der Waals surface area contributed by atoms with Crippen LogP contribution < -0.4 is 20.9 Å².